The summed E-state index contributed by atoms with van der Waals surface area (Å²) < 4.78 is 6.69. The average molecular weight is 345 g/mol. The van der Waals surface area contributed by atoms with Crippen LogP contribution in [0.25, 0.3) is 0 Å². The zero-order chi connectivity index (χ0) is 15.0. The van der Waals surface area contributed by atoms with Crippen molar-refractivity contribution in [2.75, 3.05) is 6.61 Å². The van der Waals surface area contributed by atoms with Gasteiger partial charge in [-0.3, -0.25) is 4.79 Å². The molecule has 2 nitrogen and oxygen atoms in total. The van der Waals surface area contributed by atoms with Gasteiger partial charge in [-0.05, 0) is 35.9 Å². The van der Waals surface area contributed by atoms with E-state index in [0.29, 0.717) is 13.0 Å². The molecule has 0 N–H and O–H groups in total. The molecule has 0 amide bonds. The second-order valence-electron chi connectivity index (χ2n) is 6.11. The Hall–Kier alpha value is -1.61. The molecule has 3 heteroatoms. The maximum absolute atomic E-state index is 12.5. The van der Waals surface area contributed by atoms with Crippen LogP contribution in [0.15, 0.2) is 46.9 Å². The van der Waals surface area contributed by atoms with E-state index in [1.165, 1.54) is 0 Å². The summed E-state index contributed by atoms with van der Waals surface area (Å²) >= 11 is 3.40. The summed E-state index contributed by atoms with van der Waals surface area (Å²) in [6.07, 6.45) is 0.424. The number of hydrogen-bond acceptors (Lipinski definition) is 2. The highest BCUT2D eigenvalue weighted by molar-refractivity contribution is 9.10. The lowest BCUT2D eigenvalue weighted by Crippen LogP contribution is -2.18. The molecule has 2 aromatic carbocycles. The van der Waals surface area contributed by atoms with Gasteiger partial charge in [0.25, 0.3) is 0 Å². The summed E-state index contributed by atoms with van der Waals surface area (Å²) in [4.78, 5) is 12.5. The molecule has 0 aromatic heterocycles. The van der Waals surface area contributed by atoms with Gasteiger partial charge in [0.1, 0.15) is 5.75 Å². The summed E-state index contributed by atoms with van der Waals surface area (Å²) in [6.45, 7) is 4.95. The topological polar surface area (TPSA) is 26.3 Å². The highest BCUT2D eigenvalue weighted by atomic mass is 79.9. The highest BCUT2D eigenvalue weighted by Gasteiger charge is 2.32. The molecule has 1 aliphatic rings. The fraction of sp³-hybridized carbons (Fsp3) is 0.278. The van der Waals surface area contributed by atoms with E-state index in [-0.39, 0.29) is 11.2 Å². The van der Waals surface area contributed by atoms with Crippen LogP contribution >= 0.6 is 15.9 Å². The minimum Gasteiger partial charge on any atom is -0.492 e. The maximum atomic E-state index is 12.5. The number of benzene rings is 2. The zero-order valence-corrected chi connectivity index (χ0v) is 13.7. The number of ketones is 1. The molecule has 108 valence electrons. The molecule has 0 fully saturated rings. The first kappa shape index (κ1) is 14.3. The number of halogens is 1. The predicted octanol–water partition coefficient (Wildman–Crippen LogP) is 4.54. The zero-order valence-electron chi connectivity index (χ0n) is 12.2. The molecule has 0 saturated carbocycles. The van der Waals surface area contributed by atoms with Gasteiger partial charge in [0.05, 0.1) is 6.61 Å². The summed E-state index contributed by atoms with van der Waals surface area (Å²) in [5.74, 6) is 1.04. The standard InChI is InChI=1S/C18H17BrO2/c1-18(2)11-21-17-8-5-13(10-15(17)18)16(20)9-12-3-6-14(19)7-4-12/h3-8,10H,9,11H2,1-2H3. The minimum absolute atomic E-state index is 0.0246. The first-order valence-electron chi connectivity index (χ1n) is 7.01. The number of carbonyl (C=O) groups is 1. The monoisotopic (exact) mass is 344 g/mol. The number of fused-ring (bicyclic) bond motifs is 1. The van der Waals surface area contributed by atoms with Gasteiger partial charge in [-0.25, -0.2) is 0 Å². The van der Waals surface area contributed by atoms with Crippen molar-refractivity contribution in [3.63, 3.8) is 0 Å². The van der Waals surface area contributed by atoms with E-state index in [4.69, 9.17) is 4.74 Å². The fourth-order valence-corrected chi connectivity index (χ4v) is 2.85. The van der Waals surface area contributed by atoms with Crippen LogP contribution in [0.3, 0.4) is 0 Å². The molecule has 0 unspecified atom stereocenters. The van der Waals surface area contributed by atoms with Crippen LogP contribution in [-0.4, -0.2) is 12.4 Å². The molecule has 0 spiro atoms. The van der Waals surface area contributed by atoms with Gasteiger partial charge in [0, 0.05) is 27.4 Å². The molecule has 1 heterocycles. The first-order chi connectivity index (χ1) is 9.95. The van der Waals surface area contributed by atoms with Crippen molar-refractivity contribution in [1.82, 2.24) is 0 Å². The molecule has 0 atom stereocenters. The highest BCUT2D eigenvalue weighted by Crippen LogP contribution is 2.38. The Bertz CT molecular complexity index is 687. The van der Waals surface area contributed by atoms with Gasteiger partial charge in [-0.15, -0.1) is 0 Å². The van der Waals surface area contributed by atoms with E-state index in [1.807, 2.05) is 42.5 Å². The summed E-state index contributed by atoms with van der Waals surface area (Å²) in [5.41, 5.74) is 2.89. The molecule has 0 radical (unpaired) electrons. The van der Waals surface area contributed by atoms with Crippen molar-refractivity contribution in [3.05, 3.63) is 63.6 Å². The van der Waals surface area contributed by atoms with Gasteiger partial charge in [0.15, 0.2) is 5.78 Å². The van der Waals surface area contributed by atoms with Gasteiger partial charge >= 0.3 is 0 Å². The molecule has 1 aliphatic heterocycles. The van der Waals surface area contributed by atoms with Gasteiger partial charge in [0.2, 0.25) is 0 Å². The van der Waals surface area contributed by atoms with Crippen molar-refractivity contribution in [1.29, 1.82) is 0 Å². The average Bonchev–Trinajstić information content (AvgIpc) is 2.77. The number of carbonyl (C=O) groups excluding carboxylic acids is 1. The van der Waals surface area contributed by atoms with Crippen LogP contribution in [0.2, 0.25) is 0 Å². The van der Waals surface area contributed by atoms with E-state index in [0.717, 1.165) is 26.9 Å². The Kier molecular flexibility index (Phi) is 3.62. The van der Waals surface area contributed by atoms with Crippen LogP contribution in [0.4, 0.5) is 0 Å². The third kappa shape index (κ3) is 2.88. The predicted molar refractivity (Wildman–Crippen MR) is 87.1 cm³/mol. The molecule has 0 aliphatic carbocycles. The SMILES string of the molecule is CC1(C)COc2ccc(C(=O)Cc3ccc(Br)cc3)cc21. The van der Waals surface area contributed by atoms with E-state index in [1.54, 1.807) is 0 Å². The van der Waals surface area contributed by atoms with E-state index in [2.05, 4.69) is 29.8 Å². The Morgan fingerprint density at radius 2 is 1.90 bits per heavy atom. The Labute approximate surface area is 133 Å². The summed E-state index contributed by atoms with van der Waals surface area (Å²) in [6, 6.07) is 13.6. The number of rotatable bonds is 3. The Morgan fingerprint density at radius 1 is 1.19 bits per heavy atom. The molecule has 3 rings (SSSR count). The normalized spacial score (nSPS) is 15.4. The molecule has 0 bridgehead atoms. The van der Waals surface area contributed by atoms with Gasteiger partial charge in [-0.1, -0.05) is 41.9 Å². The third-order valence-electron chi connectivity index (χ3n) is 3.90. The second-order valence-corrected chi connectivity index (χ2v) is 7.03. The molecular formula is C18H17BrO2. The van der Waals surface area contributed by atoms with Crippen LogP contribution in [0.5, 0.6) is 5.75 Å². The van der Waals surface area contributed by atoms with Crippen LogP contribution in [0, 0.1) is 0 Å². The molecular weight excluding hydrogens is 328 g/mol. The van der Waals surface area contributed by atoms with Crippen molar-refractivity contribution < 1.29 is 9.53 Å². The smallest absolute Gasteiger partial charge is 0.167 e. The van der Waals surface area contributed by atoms with Gasteiger partial charge < -0.3 is 4.74 Å². The molecule has 2 aromatic rings. The maximum Gasteiger partial charge on any atom is 0.167 e. The Balaban J connectivity index is 1.84. The third-order valence-corrected chi connectivity index (χ3v) is 4.43. The molecule has 0 saturated heterocycles. The van der Waals surface area contributed by atoms with E-state index >= 15 is 0 Å². The molecule has 21 heavy (non-hydrogen) atoms. The fourth-order valence-electron chi connectivity index (χ4n) is 2.58. The largest absolute Gasteiger partial charge is 0.492 e. The van der Waals surface area contributed by atoms with Gasteiger partial charge in [-0.2, -0.15) is 0 Å². The Morgan fingerprint density at radius 3 is 2.62 bits per heavy atom. The second kappa shape index (κ2) is 5.30. The first-order valence-corrected chi connectivity index (χ1v) is 7.80. The van der Waals surface area contributed by atoms with E-state index < -0.39 is 0 Å². The van der Waals surface area contributed by atoms with Crippen molar-refractivity contribution in [3.8, 4) is 5.75 Å². The van der Waals surface area contributed by atoms with Crippen molar-refractivity contribution >= 4 is 21.7 Å². The minimum atomic E-state index is -0.0246. The van der Waals surface area contributed by atoms with Crippen molar-refractivity contribution in [2.45, 2.75) is 25.7 Å². The lowest BCUT2D eigenvalue weighted by molar-refractivity contribution is 0.0993. The number of hydrogen-bond donors (Lipinski definition) is 0. The van der Waals surface area contributed by atoms with Crippen LogP contribution in [-0.2, 0) is 11.8 Å². The lowest BCUT2D eigenvalue weighted by atomic mass is 9.85. The summed E-state index contributed by atoms with van der Waals surface area (Å²) in [5, 5.41) is 0. The summed E-state index contributed by atoms with van der Waals surface area (Å²) in [7, 11) is 0. The van der Waals surface area contributed by atoms with Crippen LogP contribution in [0.1, 0.15) is 35.3 Å². The quantitative estimate of drug-likeness (QED) is 0.763. The van der Waals surface area contributed by atoms with E-state index in [9.17, 15) is 4.79 Å². The van der Waals surface area contributed by atoms with Crippen LogP contribution < -0.4 is 4.74 Å². The number of ether oxygens (including phenoxy) is 1. The van der Waals surface area contributed by atoms with Crippen molar-refractivity contribution in [2.24, 2.45) is 0 Å². The lowest BCUT2D eigenvalue weighted by Gasteiger charge is -2.15. The number of Topliss-reactive ketones (excluding diaryl/α,β-unsaturated/α-hetero) is 1.